The molecule has 4 heteroatoms. The molecule has 3 nitrogen and oxygen atoms in total. The SMILES string of the molecule is CC1CC(NC(=O)c2ccc3c(c2)CCN3)C1.Cl. The van der Waals surface area contributed by atoms with Crippen LogP contribution in [0.5, 0.6) is 0 Å². The standard InChI is InChI=1S/C14H18N2O.ClH/c1-9-6-12(7-9)16-14(17)11-2-3-13-10(8-11)4-5-15-13;/h2-3,8-9,12,15H,4-7H2,1H3,(H,16,17);1H. The molecule has 3 rings (SSSR count). The lowest BCUT2D eigenvalue weighted by molar-refractivity contribution is 0.0896. The summed E-state index contributed by atoms with van der Waals surface area (Å²) in [6, 6.07) is 6.34. The maximum Gasteiger partial charge on any atom is 0.251 e. The minimum atomic E-state index is 0. The van der Waals surface area contributed by atoms with Gasteiger partial charge in [-0.15, -0.1) is 12.4 Å². The number of amides is 1. The Morgan fingerprint density at radius 1 is 1.39 bits per heavy atom. The van der Waals surface area contributed by atoms with Gasteiger partial charge in [-0.25, -0.2) is 0 Å². The van der Waals surface area contributed by atoms with Gasteiger partial charge in [0.05, 0.1) is 0 Å². The van der Waals surface area contributed by atoms with Gasteiger partial charge in [0.25, 0.3) is 5.91 Å². The fraction of sp³-hybridized carbons (Fsp3) is 0.500. The van der Waals surface area contributed by atoms with Crippen LogP contribution in [0.25, 0.3) is 0 Å². The second-order valence-electron chi connectivity index (χ2n) is 5.30. The number of fused-ring (bicyclic) bond motifs is 1. The number of hydrogen-bond donors (Lipinski definition) is 2. The highest BCUT2D eigenvalue weighted by molar-refractivity contribution is 5.95. The number of halogens is 1. The summed E-state index contributed by atoms with van der Waals surface area (Å²) in [6.07, 6.45) is 3.27. The van der Waals surface area contributed by atoms with Crippen molar-refractivity contribution in [2.45, 2.75) is 32.2 Å². The molecule has 0 bridgehead atoms. The summed E-state index contributed by atoms with van der Waals surface area (Å²) in [5, 5.41) is 6.40. The number of carbonyl (C=O) groups is 1. The third-order valence-corrected chi connectivity index (χ3v) is 3.79. The minimum absolute atomic E-state index is 0. The molecule has 0 aromatic heterocycles. The molecule has 1 aromatic carbocycles. The third kappa shape index (κ3) is 2.46. The van der Waals surface area contributed by atoms with Crippen molar-refractivity contribution in [1.82, 2.24) is 5.32 Å². The molecular formula is C14H19ClN2O. The predicted molar refractivity (Wildman–Crippen MR) is 75.5 cm³/mol. The normalized spacial score (nSPS) is 24.3. The molecule has 0 unspecified atom stereocenters. The number of anilines is 1. The molecule has 1 fully saturated rings. The molecule has 98 valence electrons. The Kier molecular flexibility index (Phi) is 3.81. The summed E-state index contributed by atoms with van der Waals surface area (Å²) in [6.45, 7) is 3.21. The predicted octanol–water partition coefficient (Wildman–Crippen LogP) is 2.60. The van der Waals surface area contributed by atoms with Crippen LogP contribution in [0.15, 0.2) is 18.2 Å². The summed E-state index contributed by atoms with van der Waals surface area (Å²) < 4.78 is 0. The Bertz CT molecular complexity index is 455. The Labute approximate surface area is 114 Å². The van der Waals surface area contributed by atoms with Gasteiger partial charge in [-0.05, 0) is 48.9 Å². The van der Waals surface area contributed by atoms with Crippen LogP contribution >= 0.6 is 12.4 Å². The largest absolute Gasteiger partial charge is 0.384 e. The smallest absolute Gasteiger partial charge is 0.251 e. The highest BCUT2D eigenvalue weighted by Gasteiger charge is 2.27. The van der Waals surface area contributed by atoms with Crippen LogP contribution in [0, 0.1) is 5.92 Å². The average molecular weight is 267 g/mol. The van der Waals surface area contributed by atoms with E-state index in [4.69, 9.17) is 0 Å². The van der Waals surface area contributed by atoms with Crippen molar-refractivity contribution in [2.24, 2.45) is 5.92 Å². The summed E-state index contributed by atoms with van der Waals surface area (Å²) >= 11 is 0. The Morgan fingerprint density at radius 2 is 2.17 bits per heavy atom. The van der Waals surface area contributed by atoms with Crippen LogP contribution in [-0.4, -0.2) is 18.5 Å². The molecule has 0 spiro atoms. The summed E-state index contributed by atoms with van der Waals surface area (Å²) in [5.74, 6) is 0.848. The van der Waals surface area contributed by atoms with E-state index in [0.29, 0.717) is 6.04 Å². The van der Waals surface area contributed by atoms with Gasteiger partial charge in [-0.1, -0.05) is 6.92 Å². The molecule has 1 amide bonds. The zero-order valence-corrected chi connectivity index (χ0v) is 11.3. The molecule has 0 atom stereocenters. The quantitative estimate of drug-likeness (QED) is 0.864. The number of hydrogen-bond acceptors (Lipinski definition) is 2. The van der Waals surface area contributed by atoms with Crippen LogP contribution in [0.2, 0.25) is 0 Å². The van der Waals surface area contributed by atoms with Gasteiger partial charge in [-0.2, -0.15) is 0 Å². The molecule has 18 heavy (non-hydrogen) atoms. The van der Waals surface area contributed by atoms with E-state index in [0.717, 1.165) is 37.3 Å². The van der Waals surface area contributed by atoms with Crippen LogP contribution in [0.4, 0.5) is 5.69 Å². The lowest BCUT2D eigenvalue weighted by Crippen LogP contribution is -2.43. The lowest BCUT2D eigenvalue weighted by Gasteiger charge is -2.33. The second-order valence-corrected chi connectivity index (χ2v) is 5.30. The first kappa shape index (κ1) is 13.2. The van der Waals surface area contributed by atoms with Crippen LogP contribution in [0.1, 0.15) is 35.7 Å². The fourth-order valence-electron chi connectivity index (χ4n) is 2.74. The van der Waals surface area contributed by atoms with Crippen molar-refractivity contribution < 1.29 is 4.79 Å². The fourth-order valence-corrected chi connectivity index (χ4v) is 2.74. The van der Waals surface area contributed by atoms with Crippen molar-refractivity contribution >= 4 is 24.0 Å². The van der Waals surface area contributed by atoms with Gasteiger partial charge >= 0.3 is 0 Å². The summed E-state index contributed by atoms with van der Waals surface area (Å²) in [7, 11) is 0. The van der Waals surface area contributed by atoms with Gasteiger partial charge in [0.2, 0.25) is 0 Å². The van der Waals surface area contributed by atoms with Crippen molar-refractivity contribution in [1.29, 1.82) is 0 Å². The van der Waals surface area contributed by atoms with Gasteiger partial charge in [0.1, 0.15) is 0 Å². The maximum atomic E-state index is 12.0. The Morgan fingerprint density at radius 3 is 2.89 bits per heavy atom. The van der Waals surface area contributed by atoms with Crippen molar-refractivity contribution in [3.8, 4) is 0 Å². The highest BCUT2D eigenvalue weighted by Crippen LogP contribution is 2.27. The van der Waals surface area contributed by atoms with Crippen molar-refractivity contribution in [3.63, 3.8) is 0 Å². The Balaban J connectivity index is 0.00000120. The van der Waals surface area contributed by atoms with E-state index in [1.165, 1.54) is 11.3 Å². The molecule has 1 aliphatic heterocycles. The van der Waals surface area contributed by atoms with E-state index in [1.54, 1.807) is 0 Å². The van der Waals surface area contributed by atoms with E-state index < -0.39 is 0 Å². The van der Waals surface area contributed by atoms with E-state index in [2.05, 4.69) is 17.6 Å². The lowest BCUT2D eigenvalue weighted by atomic mass is 9.82. The minimum Gasteiger partial charge on any atom is -0.384 e. The van der Waals surface area contributed by atoms with Gasteiger partial charge in [0, 0.05) is 23.8 Å². The molecule has 0 radical (unpaired) electrons. The first-order chi connectivity index (χ1) is 8.22. The van der Waals surface area contributed by atoms with Crippen LogP contribution in [-0.2, 0) is 6.42 Å². The Hall–Kier alpha value is -1.22. The number of rotatable bonds is 2. The summed E-state index contributed by atoms with van der Waals surface area (Å²) in [4.78, 5) is 12.0. The average Bonchev–Trinajstić information content (AvgIpc) is 2.73. The monoisotopic (exact) mass is 266 g/mol. The highest BCUT2D eigenvalue weighted by atomic mass is 35.5. The van der Waals surface area contributed by atoms with Crippen molar-refractivity contribution in [2.75, 3.05) is 11.9 Å². The topological polar surface area (TPSA) is 41.1 Å². The zero-order chi connectivity index (χ0) is 11.8. The van der Waals surface area contributed by atoms with Gasteiger partial charge in [0.15, 0.2) is 0 Å². The van der Waals surface area contributed by atoms with Gasteiger partial charge < -0.3 is 10.6 Å². The molecule has 1 saturated carbocycles. The molecule has 1 heterocycles. The van der Waals surface area contributed by atoms with E-state index >= 15 is 0 Å². The zero-order valence-electron chi connectivity index (χ0n) is 10.5. The van der Waals surface area contributed by atoms with E-state index in [9.17, 15) is 4.79 Å². The molecule has 2 N–H and O–H groups in total. The van der Waals surface area contributed by atoms with E-state index in [1.807, 2.05) is 18.2 Å². The van der Waals surface area contributed by atoms with Crippen LogP contribution in [0.3, 0.4) is 0 Å². The molecule has 1 aromatic rings. The number of carbonyl (C=O) groups excluding carboxylic acids is 1. The first-order valence-electron chi connectivity index (χ1n) is 6.40. The second kappa shape index (κ2) is 5.19. The van der Waals surface area contributed by atoms with Crippen molar-refractivity contribution in [3.05, 3.63) is 29.3 Å². The van der Waals surface area contributed by atoms with Crippen LogP contribution < -0.4 is 10.6 Å². The number of benzene rings is 1. The first-order valence-corrected chi connectivity index (χ1v) is 6.40. The number of nitrogens with one attached hydrogen (secondary N) is 2. The van der Waals surface area contributed by atoms with Gasteiger partial charge in [-0.3, -0.25) is 4.79 Å². The molecule has 0 saturated heterocycles. The third-order valence-electron chi connectivity index (χ3n) is 3.79. The molecular weight excluding hydrogens is 248 g/mol. The van der Waals surface area contributed by atoms with E-state index in [-0.39, 0.29) is 18.3 Å². The molecule has 1 aliphatic carbocycles. The summed E-state index contributed by atoms with van der Waals surface area (Å²) in [5.41, 5.74) is 3.24. The maximum absolute atomic E-state index is 12.0. The molecule has 2 aliphatic rings.